The second kappa shape index (κ2) is 6.96. The van der Waals surface area contributed by atoms with Crippen LogP contribution in [-0.4, -0.2) is 18.8 Å². The molecule has 2 rings (SSSR count). The summed E-state index contributed by atoms with van der Waals surface area (Å²) in [6.07, 6.45) is -0.534. The number of nitrogens with one attached hydrogen (secondary N) is 1. The molecule has 124 valence electrons. The third-order valence-electron chi connectivity index (χ3n) is 2.95. The van der Waals surface area contributed by atoms with Gasteiger partial charge in [0, 0.05) is 11.1 Å². The molecule has 5 nitrogen and oxygen atoms in total. The summed E-state index contributed by atoms with van der Waals surface area (Å²) < 4.78 is 16.0. The standard InChI is InChI=1S/C17H20ClNO4/c1-17(2,3)23-16(20)19-15(11-5-7-12(18)8-6-11)13-9-10-14(21-4)22-13/h5-10,15H,1-4H3,(H,19,20)/t15-/m1/s1. The number of hydrogen-bond acceptors (Lipinski definition) is 4. The molecule has 0 spiro atoms. The number of furan rings is 1. The van der Waals surface area contributed by atoms with Crippen molar-refractivity contribution in [2.24, 2.45) is 0 Å². The molecule has 0 bridgehead atoms. The molecule has 2 aromatic rings. The fraction of sp³-hybridized carbons (Fsp3) is 0.353. The number of halogens is 1. The Labute approximate surface area is 140 Å². The molecule has 0 saturated carbocycles. The van der Waals surface area contributed by atoms with Gasteiger partial charge >= 0.3 is 6.09 Å². The summed E-state index contributed by atoms with van der Waals surface area (Å²) >= 11 is 5.93. The lowest BCUT2D eigenvalue weighted by Gasteiger charge is -2.23. The van der Waals surface area contributed by atoms with Gasteiger partial charge in [0.15, 0.2) is 0 Å². The number of amides is 1. The summed E-state index contributed by atoms with van der Waals surface area (Å²) in [5, 5.41) is 3.42. The van der Waals surface area contributed by atoms with E-state index < -0.39 is 17.7 Å². The molecule has 0 unspecified atom stereocenters. The molecule has 6 heteroatoms. The average molecular weight is 338 g/mol. The second-order valence-corrected chi connectivity index (χ2v) is 6.43. The highest BCUT2D eigenvalue weighted by Gasteiger charge is 2.24. The van der Waals surface area contributed by atoms with Gasteiger partial charge in [-0.1, -0.05) is 23.7 Å². The number of carbonyl (C=O) groups excluding carboxylic acids is 1. The molecule has 0 aliphatic heterocycles. The largest absolute Gasteiger partial charge is 0.468 e. The van der Waals surface area contributed by atoms with Gasteiger partial charge in [-0.3, -0.25) is 0 Å². The summed E-state index contributed by atoms with van der Waals surface area (Å²) in [5.74, 6) is 0.903. The number of rotatable bonds is 4. The second-order valence-electron chi connectivity index (χ2n) is 5.99. The quantitative estimate of drug-likeness (QED) is 0.888. The summed E-state index contributed by atoms with van der Waals surface area (Å²) in [4.78, 5) is 12.1. The number of carbonyl (C=O) groups is 1. The van der Waals surface area contributed by atoms with E-state index in [4.69, 9.17) is 25.5 Å². The van der Waals surface area contributed by atoms with E-state index in [-0.39, 0.29) is 0 Å². The first-order valence-corrected chi connectivity index (χ1v) is 7.55. The van der Waals surface area contributed by atoms with Crippen molar-refractivity contribution < 1.29 is 18.7 Å². The maximum absolute atomic E-state index is 12.1. The van der Waals surface area contributed by atoms with Gasteiger partial charge in [0.1, 0.15) is 17.4 Å². The van der Waals surface area contributed by atoms with Crippen molar-refractivity contribution in [1.29, 1.82) is 0 Å². The van der Waals surface area contributed by atoms with E-state index in [9.17, 15) is 4.79 Å². The Hall–Kier alpha value is -2.14. The van der Waals surface area contributed by atoms with Gasteiger partial charge in [0.25, 0.3) is 5.95 Å². The Balaban J connectivity index is 2.27. The third-order valence-corrected chi connectivity index (χ3v) is 3.20. The lowest BCUT2D eigenvalue weighted by atomic mass is 10.0. The van der Waals surface area contributed by atoms with Crippen molar-refractivity contribution in [2.45, 2.75) is 32.4 Å². The first-order chi connectivity index (χ1) is 10.8. The van der Waals surface area contributed by atoms with Crippen LogP contribution < -0.4 is 10.1 Å². The minimum atomic E-state index is -0.588. The predicted octanol–water partition coefficient (Wildman–Crippen LogP) is 4.56. The van der Waals surface area contributed by atoms with Crippen LogP contribution in [0.3, 0.4) is 0 Å². The highest BCUT2D eigenvalue weighted by atomic mass is 35.5. The molecule has 0 radical (unpaired) electrons. The lowest BCUT2D eigenvalue weighted by molar-refractivity contribution is 0.0506. The van der Waals surface area contributed by atoms with E-state index in [2.05, 4.69) is 5.32 Å². The van der Waals surface area contributed by atoms with Gasteiger partial charge in [-0.05, 0) is 44.5 Å². The molecule has 1 aromatic heterocycles. The predicted molar refractivity (Wildman–Crippen MR) is 87.9 cm³/mol. The summed E-state index contributed by atoms with van der Waals surface area (Å²) in [5.41, 5.74) is 0.229. The maximum atomic E-state index is 12.1. The minimum absolute atomic E-state index is 0.366. The molecule has 1 aromatic carbocycles. The zero-order chi connectivity index (χ0) is 17.0. The molecule has 1 amide bonds. The lowest BCUT2D eigenvalue weighted by Crippen LogP contribution is -2.35. The monoisotopic (exact) mass is 337 g/mol. The molecule has 23 heavy (non-hydrogen) atoms. The molecule has 0 aliphatic carbocycles. The smallest absolute Gasteiger partial charge is 0.408 e. The van der Waals surface area contributed by atoms with Gasteiger partial charge in [-0.25, -0.2) is 4.79 Å². The zero-order valence-electron chi connectivity index (χ0n) is 13.6. The SMILES string of the molecule is COc1ccc([C@H](NC(=O)OC(C)(C)C)c2ccc(Cl)cc2)o1. The molecule has 0 fully saturated rings. The van der Waals surface area contributed by atoms with Crippen LogP contribution in [0.4, 0.5) is 4.79 Å². The molecule has 1 heterocycles. The van der Waals surface area contributed by atoms with Gasteiger partial charge in [0.2, 0.25) is 0 Å². The first kappa shape index (κ1) is 17.2. The topological polar surface area (TPSA) is 60.7 Å². The van der Waals surface area contributed by atoms with Crippen molar-refractivity contribution >= 4 is 17.7 Å². The van der Waals surface area contributed by atoms with Gasteiger partial charge < -0.3 is 19.2 Å². The highest BCUT2D eigenvalue weighted by molar-refractivity contribution is 6.30. The molecule has 1 N–H and O–H groups in total. The number of ether oxygens (including phenoxy) is 2. The summed E-state index contributed by atoms with van der Waals surface area (Å²) in [7, 11) is 1.52. The van der Waals surface area contributed by atoms with Crippen molar-refractivity contribution in [3.05, 3.63) is 52.7 Å². The number of methoxy groups -OCH3 is 1. The van der Waals surface area contributed by atoms with Crippen molar-refractivity contribution in [1.82, 2.24) is 5.32 Å². The number of benzene rings is 1. The first-order valence-electron chi connectivity index (χ1n) is 7.17. The van der Waals surface area contributed by atoms with Crippen LogP contribution in [0.15, 0.2) is 40.8 Å². The number of hydrogen-bond donors (Lipinski definition) is 1. The Kier molecular flexibility index (Phi) is 5.21. The Morgan fingerprint density at radius 1 is 1.17 bits per heavy atom. The van der Waals surface area contributed by atoms with E-state index in [1.165, 1.54) is 7.11 Å². The highest BCUT2D eigenvalue weighted by Crippen LogP contribution is 2.28. The Bertz CT molecular complexity index is 658. The molecular weight excluding hydrogens is 318 g/mol. The van der Waals surface area contributed by atoms with Crippen molar-refractivity contribution in [3.63, 3.8) is 0 Å². The Morgan fingerprint density at radius 3 is 2.35 bits per heavy atom. The van der Waals surface area contributed by atoms with Gasteiger partial charge in [-0.15, -0.1) is 0 Å². The average Bonchev–Trinajstić information content (AvgIpc) is 2.92. The van der Waals surface area contributed by atoms with Crippen molar-refractivity contribution in [2.75, 3.05) is 7.11 Å². The summed E-state index contributed by atoms with van der Waals surface area (Å²) in [6.45, 7) is 5.42. The van der Waals surface area contributed by atoms with Gasteiger partial charge in [0.05, 0.1) is 7.11 Å². The van der Waals surface area contributed by atoms with Crippen LogP contribution in [0.25, 0.3) is 0 Å². The van der Waals surface area contributed by atoms with Crippen LogP contribution >= 0.6 is 11.6 Å². The van der Waals surface area contributed by atoms with Gasteiger partial charge in [-0.2, -0.15) is 0 Å². The minimum Gasteiger partial charge on any atom is -0.468 e. The van der Waals surface area contributed by atoms with E-state index in [1.54, 1.807) is 45.0 Å². The zero-order valence-corrected chi connectivity index (χ0v) is 14.3. The van der Waals surface area contributed by atoms with Crippen LogP contribution in [0, 0.1) is 0 Å². The molecule has 0 saturated heterocycles. The van der Waals surface area contributed by atoms with Crippen LogP contribution in [0.5, 0.6) is 5.95 Å². The van der Waals surface area contributed by atoms with Crippen molar-refractivity contribution in [3.8, 4) is 5.95 Å². The number of alkyl carbamates (subject to hydrolysis) is 1. The van der Waals surface area contributed by atoms with E-state index in [1.807, 2.05) is 12.1 Å². The Morgan fingerprint density at radius 2 is 1.83 bits per heavy atom. The fourth-order valence-electron chi connectivity index (χ4n) is 2.00. The van der Waals surface area contributed by atoms with Crippen LogP contribution in [0.1, 0.15) is 38.1 Å². The molecule has 1 atom stereocenters. The maximum Gasteiger partial charge on any atom is 0.408 e. The molecular formula is C17H20ClNO4. The third kappa shape index (κ3) is 4.93. The van der Waals surface area contributed by atoms with Crippen LogP contribution in [-0.2, 0) is 4.74 Å². The summed E-state index contributed by atoms with van der Waals surface area (Å²) in [6, 6.07) is 10.1. The van der Waals surface area contributed by atoms with E-state index in [0.717, 1.165) is 5.56 Å². The fourth-order valence-corrected chi connectivity index (χ4v) is 2.12. The normalized spacial score (nSPS) is 12.6. The van der Waals surface area contributed by atoms with Crippen LogP contribution in [0.2, 0.25) is 5.02 Å². The van der Waals surface area contributed by atoms with E-state index >= 15 is 0 Å². The molecule has 0 aliphatic rings. The van der Waals surface area contributed by atoms with E-state index in [0.29, 0.717) is 16.7 Å².